The molecule has 19 heavy (non-hydrogen) atoms. The van der Waals surface area contributed by atoms with Gasteiger partial charge in [-0.2, -0.15) is 0 Å². The largest absolute Gasteiger partial charge is 0.351 e. The molecule has 1 amide bonds. The van der Waals surface area contributed by atoms with E-state index in [1.807, 2.05) is 32.0 Å². The van der Waals surface area contributed by atoms with Gasteiger partial charge >= 0.3 is 0 Å². The molecule has 106 valence electrons. The van der Waals surface area contributed by atoms with Crippen molar-refractivity contribution >= 4 is 17.5 Å². The molecule has 1 unspecified atom stereocenters. The second-order valence-corrected chi connectivity index (χ2v) is 5.63. The molecule has 2 nitrogen and oxygen atoms in total. The SMILES string of the molecule is CCC(CC)C(Cl)CNC(=O)c1c(C)cccc1C. The van der Waals surface area contributed by atoms with E-state index < -0.39 is 0 Å². The number of rotatable bonds is 6. The van der Waals surface area contributed by atoms with Gasteiger partial charge < -0.3 is 5.32 Å². The van der Waals surface area contributed by atoms with E-state index in [9.17, 15) is 4.79 Å². The number of carbonyl (C=O) groups is 1. The summed E-state index contributed by atoms with van der Waals surface area (Å²) in [5.74, 6) is 0.437. The minimum Gasteiger partial charge on any atom is -0.351 e. The van der Waals surface area contributed by atoms with Crippen molar-refractivity contribution in [3.63, 3.8) is 0 Å². The Morgan fingerprint density at radius 1 is 1.21 bits per heavy atom. The maximum Gasteiger partial charge on any atom is 0.251 e. The van der Waals surface area contributed by atoms with E-state index in [-0.39, 0.29) is 11.3 Å². The molecular formula is C16H24ClNO. The van der Waals surface area contributed by atoms with Crippen LogP contribution in [0.5, 0.6) is 0 Å². The topological polar surface area (TPSA) is 29.1 Å². The van der Waals surface area contributed by atoms with Gasteiger partial charge in [-0.25, -0.2) is 0 Å². The van der Waals surface area contributed by atoms with Crippen molar-refractivity contribution in [1.82, 2.24) is 5.32 Å². The zero-order valence-corrected chi connectivity index (χ0v) is 13.1. The number of carbonyl (C=O) groups excluding carboxylic acids is 1. The predicted molar refractivity (Wildman–Crippen MR) is 82.0 cm³/mol. The number of halogens is 1. The minimum absolute atomic E-state index is 0.00303. The maximum atomic E-state index is 12.2. The van der Waals surface area contributed by atoms with Gasteiger partial charge in [-0.1, -0.05) is 44.9 Å². The number of hydrogen-bond donors (Lipinski definition) is 1. The second kappa shape index (κ2) is 7.54. The lowest BCUT2D eigenvalue weighted by molar-refractivity contribution is 0.0950. The quantitative estimate of drug-likeness (QED) is 0.782. The van der Waals surface area contributed by atoms with E-state index in [1.54, 1.807) is 0 Å². The molecule has 1 aromatic carbocycles. The molecule has 0 heterocycles. The molecule has 0 saturated heterocycles. The van der Waals surface area contributed by atoms with Crippen LogP contribution < -0.4 is 5.32 Å². The van der Waals surface area contributed by atoms with Gasteiger partial charge in [0.25, 0.3) is 5.91 Å². The van der Waals surface area contributed by atoms with Crippen LogP contribution in [-0.2, 0) is 0 Å². The molecule has 1 aromatic rings. The summed E-state index contributed by atoms with van der Waals surface area (Å²) in [6, 6.07) is 5.89. The minimum atomic E-state index is -0.0211. The lowest BCUT2D eigenvalue weighted by atomic mass is 9.98. The maximum absolute atomic E-state index is 12.2. The number of amides is 1. The normalized spacial score (nSPS) is 12.5. The number of alkyl halides is 1. The third-order valence-electron chi connectivity index (χ3n) is 3.73. The molecule has 1 rings (SSSR count). The first-order chi connectivity index (χ1) is 9.01. The van der Waals surface area contributed by atoms with E-state index in [0.717, 1.165) is 29.5 Å². The summed E-state index contributed by atoms with van der Waals surface area (Å²) in [5, 5.41) is 2.96. The fourth-order valence-corrected chi connectivity index (χ4v) is 2.85. The van der Waals surface area contributed by atoms with Crippen LogP contribution in [0.3, 0.4) is 0 Å². The first-order valence-corrected chi connectivity index (χ1v) is 7.43. The number of hydrogen-bond acceptors (Lipinski definition) is 1. The summed E-state index contributed by atoms with van der Waals surface area (Å²) < 4.78 is 0. The van der Waals surface area contributed by atoms with Crippen molar-refractivity contribution in [3.05, 3.63) is 34.9 Å². The van der Waals surface area contributed by atoms with Crippen LogP contribution in [0.15, 0.2) is 18.2 Å². The van der Waals surface area contributed by atoms with E-state index in [1.165, 1.54) is 0 Å². The van der Waals surface area contributed by atoms with E-state index in [4.69, 9.17) is 11.6 Å². The molecule has 1 N–H and O–H groups in total. The van der Waals surface area contributed by atoms with Gasteiger partial charge in [0.15, 0.2) is 0 Å². The number of benzene rings is 1. The van der Waals surface area contributed by atoms with Gasteiger partial charge in [-0.15, -0.1) is 11.6 Å². The summed E-state index contributed by atoms with van der Waals surface area (Å²) in [5.41, 5.74) is 2.79. The van der Waals surface area contributed by atoms with Crippen LogP contribution in [0, 0.1) is 19.8 Å². The summed E-state index contributed by atoms with van der Waals surface area (Å²) in [4.78, 5) is 12.2. The highest BCUT2D eigenvalue weighted by molar-refractivity contribution is 6.21. The lowest BCUT2D eigenvalue weighted by Crippen LogP contribution is -2.33. The Balaban J connectivity index is 2.66. The smallest absolute Gasteiger partial charge is 0.251 e. The van der Waals surface area contributed by atoms with Gasteiger partial charge in [-0.05, 0) is 30.9 Å². The Morgan fingerprint density at radius 3 is 2.21 bits per heavy atom. The van der Waals surface area contributed by atoms with Crippen molar-refractivity contribution in [2.75, 3.05) is 6.54 Å². The van der Waals surface area contributed by atoms with Gasteiger partial charge in [-0.3, -0.25) is 4.79 Å². The van der Waals surface area contributed by atoms with Crippen LogP contribution in [0.25, 0.3) is 0 Å². The number of aryl methyl sites for hydroxylation is 2. The van der Waals surface area contributed by atoms with Crippen LogP contribution in [0.4, 0.5) is 0 Å². The van der Waals surface area contributed by atoms with Crippen molar-refractivity contribution in [2.45, 2.75) is 45.9 Å². The van der Waals surface area contributed by atoms with Gasteiger partial charge in [0, 0.05) is 12.1 Å². The molecule has 0 saturated carbocycles. The molecule has 0 aliphatic heterocycles. The molecular weight excluding hydrogens is 258 g/mol. The summed E-state index contributed by atoms with van der Waals surface area (Å²) in [7, 11) is 0. The molecule has 0 aromatic heterocycles. The van der Waals surface area contributed by atoms with E-state index in [2.05, 4.69) is 19.2 Å². The van der Waals surface area contributed by atoms with Crippen LogP contribution in [0.2, 0.25) is 0 Å². The molecule has 0 aliphatic carbocycles. The molecule has 0 aliphatic rings. The molecule has 0 spiro atoms. The first kappa shape index (κ1) is 16.0. The molecule has 0 bridgehead atoms. The van der Waals surface area contributed by atoms with E-state index >= 15 is 0 Å². The Morgan fingerprint density at radius 2 is 1.74 bits per heavy atom. The Bertz CT molecular complexity index is 407. The summed E-state index contributed by atoms with van der Waals surface area (Å²) in [6.07, 6.45) is 2.09. The zero-order valence-electron chi connectivity index (χ0n) is 12.3. The summed E-state index contributed by atoms with van der Waals surface area (Å²) >= 11 is 6.34. The summed E-state index contributed by atoms with van der Waals surface area (Å²) in [6.45, 7) is 8.72. The highest BCUT2D eigenvalue weighted by Gasteiger charge is 2.18. The first-order valence-electron chi connectivity index (χ1n) is 6.99. The lowest BCUT2D eigenvalue weighted by Gasteiger charge is -2.20. The van der Waals surface area contributed by atoms with Crippen molar-refractivity contribution in [1.29, 1.82) is 0 Å². The third-order valence-corrected chi connectivity index (χ3v) is 4.24. The predicted octanol–water partition coefficient (Wildman–Crippen LogP) is 4.08. The van der Waals surface area contributed by atoms with Crippen LogP contribution in [-0.4, -0.2) is 17.8 Å². The van der Waals surface area contributed by atoms with Gasteiger partial charge in [0.2, 0.25) is 0 Å². The van der Waals surface area contributed by atoms with Crippen LogP contribution >= 0.6 is 11.6 Å². The average molecular weight is 282 g/mol. The molecule has 3 heteroatoms. The van der Waals surface area contributed by atoms with Crippen LogP contribution in [0.1, 0.15) is 48.2 Å². The van der Waals surface area contributed by atoms with Crippen molar-refractivity contribution in [2.24, 2.45) is 5.92 Å². The Labute approximate surface area is 121 Å². The molecule has 1 atom stereocenters. The average Bonchev–Trinajstić information content (AvgIpc) is 2.37. The highest BCUT2D eigenvalue weighted by atomic mass is 35.5. The van der Waals surface area contributed by atoms with Gasteiger partial charge in [0.1, 0.15) is 0 Å². The molecule has 0 radical (unpaired) electrons. The number of nitrogens with one attached hydrogen (secondary N) is 1. The fraction of sp³-hybridized carbons (Fsp3) is 0.562. The Hall–Kier alpha value is -1.02. The standard InChI is InChI=1S/C16H24ClNO/c1-5-13(6-2)14(17)10-18-16(19)15-11(3)8-7-9-12(15)4/h7-9,13-14H,5-6,10H2,1-4H3,(H,18,19). The monoisotopic (exact) mass is 281 g/mol. The molecule has 0 fully saturated rings. The van der Waals surface area contributed by atoms with Crippen molar-refractivity contribution < 1.29 is 4.79 Å². The zero-order chi connectivity index (χ0) is 14.4. The fourth-order valence-electron chi connectivity index (χ4n) is 2.42. The van der Waals surface area contributed by atoms with Gasteiger partial charge in [0.05, 0.1) is 5.38 Å². The van der Waals surface area contributed by atoms with E-state index in [0.29, 0.717) is 12.5 Å². The highest BCUT2D eigenvalue weighted by Crippen LogP contribution is 2.18. The van der Waals surface area contributed by atoms with Crippen molar-refractivity contribution in [3.8, 4) is 0 Å². The third kappa shape index (κ3) is 4.24. The Kier molecular flexibility index (Phi) is 6.36. The second-order valence-electron chi connectivity index (χ2n) is 5.07.